The molecule has 2 rings (SSSR count). The molecule has 0 radical (unpaired) electrons. The maximum atomic E-state index is 12.0. The highest BCUT2D eigenvalue weighted by Crippen LogP contribution is 2.11. The third-order valence-electron chi connectivity index (χ3n) is 3.40. The molecule has 21 heavy (non-hydrogen) atoms. The lowest BCUT2D eigenvalue weighted by Gasteiger charge is -2.34. The molecule has 1 saturated heterocycles. The largest absolute Gasteiger partial charge is 0.337 e. The monoisotopic (exact) mass is 328 g/mol. The minimum Gasteiger partial charge on any atom is -0.337 e. The summed E-state index contributed by atoms with van der Waals surface area (Å²) in [6.07, 6.45) is 4.70. The first kappa shape index (κ1) is 16.2. The van der Waals surface area contributed by atoms with Gasteiger partial charge < -0.3 is 4.90 Å². The predicted molar refractivity (Wildman–Crippen MR) is 86.1 cm³/mol. The SMILES string of the molecule is CS(=O)(=O)CCN1CCN(C(=O)/C=C/c2cccs2)CC1. The van der Waals surface area contributed by atoms with Crippen molar-refractivity contribution in [1.29, 1.82) is 0 Å². The van der Waals surface area contributed by atoms with E-state index >= 15 is 0 Å². The van der Waals surface area contributed by atoms with E-state index in [1.54, 1.807) is 22.3 Å². The molecule has 1 aromatic heterocycles. The van der Waals surface area contributed by atoms with Crippen molar-refractivity contribution >= 4 is 33.2 Å². The van der Waals surface area contributed by atoms with E-state index in [2.05, 4.69) is 4.90 Å². The molecule has 0 unspecified atom stereocenters. The van der Waals surface area contributed by atoms with E-state index in [0.29, 0.717) is 19.6 Å². The van der Waals surface area contributed by atoms with E-state index in [-0.39, 0.29) is 11.7 Å². The quantitative estimate of drug-likeness (QED) is 0.755. The molecule has 1 aliphatic heterocycles. The number of carbonyl (C=O) groups excluding carboxylic acids is 1. The zero-order valence-corrected chi connectivity index (χ0v) is 13.7. The minimum atomic E-state index is -2.92. The van der Waals surface area contributed by atoms with Crippen molar-refractivity contribution in [3.05, 3.63) is 28.5 Å². The van der Waals surface area contributed by atoms with Crippen LogP contribution in [0.4, 0.5) is 0 Å². The van der Waals surface area contributed by atoms with Crippen molar-refractivity contribution in [2.24, 2.45) is 0 Å². The van der Waals surface area contributed by atoms with Gasteiger partial charge in [0.1, 0.15) is 9.84 Å². The Kier molecular flexibility index (Phi) is 5.55. The third-order valence-corrected chi connectivity index (χ3v) is 5.16. The summed E-state index contributed by atoms with van der Waals surface area (Å²) >= 11 is 1.60. The van der Waals surface area contributed by atoms with Gasteiger partial charge in [0.2, 0.25) is 5.91 Å². The van der Waals surface area contributed by atoms with Gasteiger partial charge in [-0.05, 0) is 17.5 Å². The average Bonchev–Trinajstić information content (AvgIpc) is 2.95. The van der Waals surface area contributed by atoms with Crippen molar-refractivity contribution in [2.45, 2.75) is 0 Å². The molecule has 0 saturated carbocycles. The summed E-state index contributed by atoms with van der Waals surface area (Å²) < 4.78 is 22.3. The van der Waals surface area contributed by atoms with E-state index in [9.17, 15) is 13.2 Å². The Labute approximate surface area is 129 Å². The number of hydrogen-bond donors (Lipinski definition) is 0. The predicted octanol–water partition coefficient (Wildman–Crippen LogP) is 0.950. The number of hydrogen-bond acceptors (Lipinski definition) is 5. The Balaban J connectivity index is 1.77. The van der Waals surface area contributed by atoms with Crippen LogP contribution in [-0.2, 0) is 14.6 Å². The van der Waals surface area contributed by atoms with Gasteiger partial charge in [0, 0.05) is 49.9 Å². The number of nitrogens with zero attached hydrogens (tertiary/aromatic N) is 2. The van der Waals surface area contributed by atoms with E-state index in [4.69, 9.17) is 0 Å². The Morgan fingerprint density at radius 3 is 2.62 bits per heavy atom. The van der Waals surface area contributed by atoms with E-state index in [0.717, 1.165) is 18.0 Å². The van der Waals surface area contributed by atoms with Gasteiger partial charge in [0.15, 0.2) is 0 Å². The van der Waals surface area contributed by atoms with Crippen molar-refractivity contribution in [3.8, 4) is 0 Å². The fourth-order valence-electron chi connectivity index (χ4n) is 2.13. The van der Waals surface area contributed by atoms with E-state index < -0.39 is 9.84 Å². The van der Waals surface area contributed by atoms with Gasteiger partial charge in [-0.1, -0.05) is 6.07 Å². The number of piperazine rings is 1. The van der Waals surface area contributed by atoms with Gasteiger partial charge in [0.25, 0.3) is 0 Å². The summed E-state index contributed by atoms with van der Waals surface area (Å²) in [6.45, 7) is 3.31. The molecule has 0 aromatic carbocycles. The molecule has 7 heteroatoms. The van der Waals surface area contributed by atoms with Crippen LogP contribution in [0.1, 0.15) is 4.88 Å². The number of sulfone groups is 1. The second-order valence-electron chi connectivity index (χ2n) is 5.15. The zero-order chi connectivity index (χ0) is 15.3. The standard InChI is InChI=1S/C14H20N2O3S2/c1-21(18,19)12-10-15-6-8-16(9-7-15)14(17)5-4-13-3-2-11-20-13/h2-5,11H,6-10,12H2,1H3/b5-4+. The normalized spacial score (nSPS) is 17.5. The molecule has 0 spiro atoms. The topological polar surface area (TPSA) is 57.7 Å². The summed E-state index contributed by atoms with van der Waals surface area (Å²) in [5, 5.41) is 1.98. The Morgan fingerprint density at radius 1 is 1.33 bits per heavy atom. The molecule has 0 aliphatic carbocycles. The first-order valence-electron chi connectivity index (χ1n) is 6.84. The maximum Gasteiger partial charge on any atom is 0.246 e. The highest BCUT2D eigenvalue weighted by Gasteiger charge is 2.20. The lowest BCUT2D eigenvalue weighted by atomic mass is 10.3. The number of thiophene rings is 1. The second-order valence-corrected chi connectivity index (χ2v) is 8.38. The van der Waals surface area contributed by atoms with Crippen LogP contribution in [0, 0.1) is 0 Å². The summed E-state index contributed by atoms with van der Waals surface area (Å²) in [5.41, 5.74) is 0. The average molecular weight is 328 g/mol. The van der Waals surface area contributed by atoms with E-state index in [1.807, 2.05) is 23.6 Å². The molecule has 2 heterocycles. The first-order chi connectivity index (χ1) is 9.94. The lowest BCUT2D eigenvalue weighted by molar-refractivity contribution is -0.127. The van der Waals surface area contributed by atoms with Crippen molar-refractivity contribution in [3.63, 3.8) is 0 Å². The fourth-order valence-corrected chi connectivity index (χ4v) is 3.34. The summed E-state index contributed by atoms with van der Waals surface area (Å²) in [6, 6.07) is 3.92. The van der Waals surface area contributed by atoms with Gasteiger partial charge in [-0.25, -0.2) is 8.42 Å². The van der Waals surface area contributed by atoms with Crippen LogP contribution in [0.25, 0.3) is 6.08 Å². The van der Waals surface area contributed by atoms with Crippen LogP contribution < -0.4 is 0 Å². The van der Waals surface area contributed by atoms with Crippen LogP contribution in [0.2, 0.25) is 0 Å². The molecular weight excluding hydrogens is 308 g/mol. The maximum absolute atomic E-state index is 12.0. The molecule has 0 bridgehead atoms. The minimum absolute atomic E-state index is 0.0196. The fraction of sp³-hybridized carbons (Fsp3) is 0.500. The molecule has 1 aliphatic rings. The molecule has 5 nitrogen and oxygen atoms in total. The second kappa shape index (κ2) is 7.20. The van der Waals surface area contributed by atoms with Crippen LogP contribution >= 0.6 is 11.3 Å². The van der Waals surface area contributed by atoms with Gasteiger partial charge in [-0.2, -0.15) is 0 Å². The Bertz CT molecular complexity index is 586. The molecule has 0 N–H and O–H groups in total. The van der Waals surface area contributed by atoms with Crippen molar-refractivity contribution in [1.82, 2.24) is 9.80 Å². The smallest absolute Gasteiger partial charge is 0.246 e. The van der Waals surface area contributed by atoms with Gasteiger partial charge in [0.05, 0.1) is 5.75 Å². The Morgan fingerprint density at radius 2 is 2.05 bits per heavy atom. The van der Waals surface area contributed by atoms with E-state index in [1.165, 1.54) is 6.26 Å². The third kappa shape index (κ3) is 5.61. The summed E-state index contributed by atoms with van der Waals surface area (Å²) in [4.78, 5) is 17.0. The van der Waals surface area contributed by atoms with Crippen molar-refractivity contribution < 1.29 is 13.2 Å². The zero-order valence-electron chi connectivity index (χ0n) is 12.1. The molecule has 1 aromatic rings. The van der Waals surface area contributed by atoms with Crippen LogP contribution in [-0.4, -0.2) is 68.9 Å². The summed E-state index contributed by atoms with van der Waals surface area (Å²) in [5.74, 6) is 0.199. The molecule has 116 valence electrons. The van der Waals surface area contributed by atoms with Crippen molar-refractivity contribution in [2.75, 3.05) is 44.7 Å². The van der Waals surface area contributed by atoms with Gasteiger partial charge in [-0.15, -0.1) is 11.3 Å². The van der Waals surface area contributed by atoms with Crippen LogP contribution in [0.3, 0.4) is 0 Å². The number of rotatable bonds is 5. The highest BCUT2D eigenvalue weighted by atomic mass is 32.2. The van der Waals surface area contributed by atoms with Gasteiger partial charge in [-0.3, -0.25) is 9.69 Å². The van der Waals surface area contributed by atoms with Crippen LogP contribution in [0.5, 0.6) is 0 Å². The molecule has 1 amide bonds. The lowest BCUT2D eigenvalue weighted by Crippen LogP contribution is -2.49. The first-order valence-corrected chi connectivity index (χ1v) is 9.79. The molecule has 0 atom stereocenters. The summed E-state index contributed by atoms with van der Waals surface area (Å²) in [7, 11) is -2.92. The highest BCUT2D eigenvalue weighted by molar-refractivity contribution is 7.90. The number of carbonyl (C=O) groups is 1. The molecule has 1 fully saturated rings. The van der Waals surface area contributed by atoms with Gasteiger partial charge >= 0.3 is 0 Å². The molecular formula is C14H20N2O3S2. The van der Waals surface area contributed by atoms with Crippen LogP contribution in [0.15, 0.2) is 23.6 Å². The Hall–Kier alpha value is -1.18. The number of amides is 1.